The van der Waals surface area contributed by atoms with Gasteiger partial charge >= 0.3 is 0 Å². The molecule has 0 amide bonds. The molecule has 2 rings (SSSR count). The van der Waals surface area contributed by atoms with Crippen molar-refractivity contribution in [3.05, 3.63) is 30.1 Å². The van der Waals surface area contributed by atoms with Gasteiger partial charge in [-0.2, -0.15) is 0 Å². The minimum atomic E-state index is 0.423. The van der Waals surface area contributed by atoms with E-state index in [9.17, 15) is 0 Å². The molecule has 0 N–H and O–H groups in total. The molecule has 2 atom stereocenters. The maximum Gasteiger partial charge on any atom is 0.0338 e. The van der Waals surface area contributed by atoms with Gasteiger partial charge in [-0.15, -0.1) is 11.6 Å². The van der Waals surface area contributed by atoms with Crippen LogP contribution in [0.2, 0.25) is 0 Å². The topological polar surface area (TPSA) is 12.9 Å². The van der Waals surface area contributed by atoms with Crippen LogP contribution in [0.4, 0.5) is 0 Å². The van der Waals surface area contributed by atoms with Gasteiger partial charge in [-0.1, -0.05) is 0 Å². The zero-order valence-corrected chi connectivity index (χ0v) is 8.37. The van der Waals surface area contributed by atoms with E-state index >= 15 is 0 Å². The lowest BCUT2D eigenvalue weighted by Crippen LogP contribution is -2.00. The number of halogens is 1. The Balaban J connectivity index is 1.92. The van der Waals surface area contributed by atoms with Gasteiger partial charge in [0.2, 0.25) is 0 Å². The molecule has 1 aromatic rings. The molecule has 0 aliphatic heterocycles. The molecule has 1 saturated carbocycles. The van der Waals surface area contributed by atoms with Crippen LogP contribution in [-0.2, 0) is 6.42 Å². The molecule has 0 bridgehead atoms. The quantitative estimate of drug-likeness (QED) is 0.662. The summed E-state index contributed by atoms with van der Waals surface area (Å²) in [5.41, 5.74) is 1.39. The lowest BCUT2D eigenvalue weighted by Gasteiger charge is -2.07. The molecule has 1 nitrogen and oxygen atoms in total. The number of rotatable bonds is 2. The summed E-state index contributed by atoms with van der Waals surface area (Å²) in [6.45, 7) is 0. The normalized spacial score (nSPS) is 27.8. The van der Waals surface area contributed by atoms with Gasteiger partial charge in [0.25, 0.3) is 0 Å². The van der Waals surface area contributed by atoms with Gasteiger partial charge in [-0.05, 0) is 49.3 Å². The van der Waals surface area contributed by atoms with E-state index in [1.165, 1.54) is 31.2 Å². The Labute approximate surface area is 84.1 Å². The van der Waals surface area contributed by atoms with E-state index in [1.807, 2.05) is 12.4 Å². The standard InChI is InChI=1S/C11H14ClN/c12-11-2-1-10(8-11)7-9-3-5-13-6-4-9/h3-6,10-11H,1-2,7-8H2. The smallest absolute Gasteiger partial charge is 0.0338 e. The number of aromatic nitrogens is 1. The second kappa shape index (κ2) is 4.10. The van der Waals surface area contributed by atoms with Crippen LogP contribution in [-0.4, -0.2) is 10.4 Å². The van der Waals surface area contributed by atoms with E-state index in [2.05, 4.69) is 17.1 Å². The van der Waals surface area contributed by atoms with Crippen molar-refractivity contribution in [1.29, 1.82) is 0 Å². The predicted octanol–water partition coefficient (Wildman–Crippen LogP) is 3.03. The molecule has 1 fully saturated rings. The molecule has 1 heterocycles. The number of alkyl halides is 1. The van der Waals surface area contributed by atoms with Crippen molar-refractivity contribution in [1.82, 2.24) is 4.98 Å². The van der Waals surface area contributed by atoms with E-state index < -0.39 is 0 Å². The van der Waals surface area contributed by atoms with Crippen molar-refractivity contribution in [3.63, 3.8) is 0 Å². The first kappa shape index (κ1) is 9.01. The van der Waals surface area contributed by atoms with Crippen LogP contribution >= 0.6 is 11.6 Å². The highest BCUT2D eigenvalue weighted by Gasteiger charge is 2.22. The summed E-state index contributed by atoms with van der Waals surface area (Å²) in [6.07, 6.45) is 8.56. The average molecular weight is 196 g/mol. The van der Waals surface area contributed by atoms with Crippen LogP contribution in [0.5, 0.6) is 0 Å². The molecular weight excluding hydrogens is 182 g/mol. The summed E-state index contributed by atoms with van der Waals surface area (Å²) in [4.78, 5) is 4.01. The lowest BCUT2D eigenvalue weighted by molar-refractivity contribution is 0.547. The number of hydrogen-bond donors (Lipinski definition) is 0. The third-order valence-electron chi connectivity index (χ3n) is 2.75. The van der Waals surface area contributed by atoms with E-state index in [0.29, 0.717) is 5.38 Å². The van der Waals surface area contributed by atoms with Gasteiger partial charge in [-0.25, -0.2) is 0 Å². The van der Waals surface area contributed by atoms with Gasteiger partial charge in [0, 0.05) is 17.8 Å². The molecule has 0 saturated heterocycles. The molecule has 0 aromatic carbocycles. The third kappa shape index (κ3) is 2.44. The molecule has 1 aromatic heterocycles. The molecule has 70 valence electrons. The molecule has 13 heavy (non-hydrogen) atoms. The summed E-state index contributed by atoms with van der Waals surface area (Å²) in [5.74, 6) is 0.796. The van der Waals surface area contributed by atoms with Crippen molar-refractivity contribution in [2.75, 3.05) is 0 Å². The second-order valence-electron chi connectivity index (χ2n) is 3.84. The van der Waals surface area contributed by atoms with Crippen LogP contribution < -0.4 is 0 Å². The lowest BCUT2D eigenvalue weighted by atomic mass is 9.99. The highest BCUT2D eigenvalue weighted by Crippen LogP contribution is 2.31. The predicted molar refractivity (Wildman–Crippen MR) is 54.9 cm³/mol. The Bertz CT molecular complexity index is 260. The Morgan fingerprint density at radius 3 is 2.69 bits per heavy atom. The first-order valence-corrected chi connectivity index (χ1v) is 5.31. The van der Waals surface area contributed by atoms with Crippen molar-refractivity contribution in [2.45, 2.75) is 31.1 Å². The van der Waals surface area contributed by atoms with Crippen LogP contribution in [0.3, 0.4) is 0 Å². The molecular formula is C11H14ClN. The zero-order chi connectivity index (χ0) is 9.10. The van der Waals surface area contributed by atoms with Gasteiger partial charge in [0.05, 0.1) is 0 Å². The van der Waals surface area contributed by atoms with E-state index in [-0.39, 0.29) is 0 Å². The Morgan fingerprint density at radius 2 is 2.08 bits per heavy atom. The number of hydrogen-bond acceptors (Lipinski definition) is 1. The Morgan fingerprint density at radius 1 is 1.31 bits per heavy atom. The van der Waals surface area contributed by atoms with Gasteiger partial charge in [-0.3, -0.25) is 4.98 Å². The van der Waals surface area contributed by atoms with Crippen molar-refractivity contribution in [3.8, 4) is 0 Å². The van der Waals surface area contributed by atoms with Crippen molar-refractivity contribution >= 4 is 11.6 Å². The van der Waals surface area contributed by atoms with Crippen LogP contribution in [0.1, 0.15) is 24.8 Å². The average Bonchev–Trinajstić information content (AvgIpc) is 2.53. The minimum Gasteiger partial charge on any atom is -0.265 e. The highest BCUT2D eigenvalue weighted by atomic mass is 35.5. The number of nitrogens with zero attached hydrogens (tertiary/aromatic N) is 1. The molecule has 1 aliphatic rings. The first-order valence-electron chi connectivity index (χ1n) is 4.87. The Kier molecular flexibility index (Phi) is 2.84. The summed E-state index contributed by atoms with van der Waals surface area (Å²) >= 11 is 6.06. The fourth-order valence-electron chi connectivity index (χ4n) is 2.05. The van der Waals surface area contributed by atoms with Crippen LogP contribution in [0, 0.1) is 5.92 Å². The molecule has 1 aliphatic carbocycles. The molecule has 2 heteroatoms. The van der Waals surface area contributed by atoms with E-state index in [4.69, 9.17) is 11.6 Å². The number of pyridine rings is 1. The van der Waals surface area contributed by atoms with Crippen LogP contribution in [0.25, 0.3) is 0 Å². The SMILES string of the molecule is ClC1CCC(Cc2ccncc2)C1. The third-order valence-corrected chi connectivity index (χ3v) is 3.15. The monoisotopic (exact) mass is 195 g/mol. The fourth-order valence-corrected chi connectivity index (χ4v) is 2.43. The summed E-state index contributed by atoms with van der Waals surface area (Å²) in [6, 6.07) is 4.20. The van der Waals surface area contributed by atoms with Crippen LogP contribution in [0.15, 0.2) is 24.5 Å². The van der Waals surface area contributed by atoms with Gasteiger partial charge in [0.15, 0.2) is 0 Å². The van der Waals surface area contributed by atoms with Gasteiger partial charge < -0.3 is 0 Å². The largest absolute Gasteiger partial charge is 0.265 e. The fraction of sp³-hybridized carbons (Fsp3) is 0.545. The van der Waals surface area contributed by atoms with E-state index in [0.717, 1.165) is 5.92 Å². The summed E-state index contributed by atoms with van der Waals surface area (Å²) in [5, 5.41) is 0.423. The maximum absolute atomic E-state index is 6.06. The zero-order valence-electron chi connectivity index (χ0n) is 7.62. The van der Waals surface area contributed by atoms with E-state index in [1.54, 1.807) is 0 Å². The second-order valence-corrected chi connectivity index (χ2v) is 4.45. The van der Waals surface area contributed by atoms with Crippen molar-refractivity contribution < 1.29 is 0 Å². The summed E-state index contributed by atoms with van der Waals surface area (Å²) < 4.78 is 0. The summed E-state index contributed by atoms with van der Waals surface area (Å²) in [7, 11) is 0. The highest BCUT2D eigenvalue weighted by molar-refractivity contribution is 6.20. The molecule has 0 radical (unpaired) electrons. The van der Waals surface area contributed by atoms with Gasteiger partial charge in [0.1, 0.15) is 0 Å². The maximum atomic E-state index is 6.06. The van der Waals surface area contributed by atoms with Crippen molar-refractivity contribution in [2.24, 2.45) is 5.92 Å². The minimum absolute atomic E-state index is 0.423. The Hall–Kier alpha value is -0.560. The first-order chi connectivity index (χ1) is 6.34. The molecule has 2 unspecified atom stereocenters. The molecule has 0 spiro atoms.